The Morgan fingerprint density at radius 3 is 2.23 bits per heavy atom. The van der Waals surface area contributed by atoms with Gasteiger partial charge in [0, 0.05) is 13.1 Å². The Morgan fingerprint density at radius 1 is 1.06 bits per heavy atom. The third-order valence-electron chi connectivity index (χ3n) is 5.86. The lowest BCUT2D eigenvalue weighted by Crippen LogP contribution is -2.52. The first-order chi connectivity index (χ1) is 16.3. The standard InChI is InChI=1S/C26H36FN3O4S/c1-7-23(26(32)28-15-18(2)3)29(16-21-11-13-22(27)14-12-21)25(31)17-30(35(6,33)34)24-10-8-9-19(4)20(24)5/h8-14,18,23H,7,15-17H2,1-6H3,(H,28,32). The van der Waals surface area contributed by atoms with Gasteiger partial charge in [0.05, 0.1) is 11.9 Å². The predicted octanol–water partition coefficient (Wildman–Crippen LogP) is 3.79. The van der Waals surface area contributed by atoms with Crippen molar-refractivity contribution in [3.8, 4) is 0 Å². The van der Waals surface area contributed by atoms with Gasteiger partial charge in [-0.2, -0.15) is 0 Å². The Labute approximate surface area is 208 Å². The molecular weight excluding hydrogens is 469 g/mol. The molecule has 192 valence electrons. The van der Waals surface area contributed by atoms with Gasteiger partial charge in [-0.05, 0) is 61.1 Å². The van der Waals surface area contributed by atoms with Gasteiger partial charge in [0.25, 0.3) is 0 Å². The quantitative estimate of drug-likeness (QED) is 0.504. The molecule has 2 rings (SSSR count). The molecule has 2 aromatic carbocycles. The minimum Gasteiger partial charge on any atom is -0.354 e. The number of rotatable bonds is 11. The second-order valence-electron chi connectivity index (χ2n) is 9.20. The Kier molecular flexibility index (Phi) is 9.82. The minimum absolute atomic E-state index is 0.0388. The maximum Gasteiger partial charge on any atom is 0.244 e. The highest BCUT2D eigenvalue weighted by atomic mass is 32.2. The van der Waals surface area contributed by atoms with Gasteiger partial charge in [0.2, 0.25) is 21.8 Å². The SMILES string of the molecule is CCC(C(=O)NCC(C)C)N(Cc1ccc(F)cc1)C(=O)CN(c1cccc(C)c1C)S(C)(=O)=O. The summed E-state index contributed by atoms with van der Waals surface area (Å²) in [5.74, 6) is -1.02. The lowest BCUT2D eigenvalue weighted by Gasteiger charge is -2.33. The summed E-state index contributed by atoms with van der Waals surface area (Å²) >= 11 is 0. The van der Waals surface area contributed by atoms with E-state index in [2.05, 4.69) is 5.32 Å². The summed E-state index contributed by atoms with van der Waals surface area (Å²) in [6.07, 6.45) is 1.39. The van der Waals surface area contributed by atoms with Gasteiger partial charge in [-0.15, -0.1) is 0 Å². The fraction of sp³-hybridized carbons (Fsp3) is 0.462. The van der Waals surface area contributed by atoms with Crippen LogP contribution in [0.3, 0.4) is 0 Å². The maximum absolute atomic E-state index is 13.6. The Balaban J connectivity index is 2.45. The van der Waals surface area contributed by atoms with Crippen LogP contribution in [-0.2, 0) is 26.2 Å². The highest BCUT2D eigenvalue weighted by Gasteiger charge is 2.32. The molecule has 7 nitrogen and oxygen atoms in total. The number of anilines is 1. The molecule has 35 heavy (non-hydrogen) atoms. The number of amides is 2. The first-order valence-electron chi connectivity index (χ1n) is 11.7. The molecule has 2 aromatic rings. The number of carbonyl (C=O) groups excluding carboxylic acids is 2. The number of halogens is 1. The van der Waals surface area contributed by atoms with Crippen LogP contribution < -0.4 is 9.62 Å². The molecule has 0 saturated heterocycles. The number of nitrogens with zero attached hydrogens (tertiary/aromatic N) is 2. The average Bonchev–Trinajstić information content (AvgIpc) is 2.78. The molecule has 0 fully saturated rings. The molecule has 0 aliphatic rings. The lowest BCUT2D eigenvalue weighted by atomic mass is 10.1. The van der Waals surface area contributed by atoms with E-state index in [9.17, 15) is 22.4 Å². The van der Waals surface area contributed by atoms with Crippen molar-refractivity contribution in [2.75, 3.05) is 23.7 Å². The molecule has 2 amide bonds. The maximum atomic E-state index is 13.6. The summed E-state index contributed by atoms with van der Waals surface area (Å²) in [6, 6.07) is 10.1. The first-order valence-corrected chi connectivity index (χ1v) is 13.6. The summed E-state index contributed by atoms with van der Waals surface area (Å²) in [5, 5.41) is 2.87. The second-order valence-corrected chi connectivity index (χ2v) is 11.1. The minimum atomic E-state index is -3.80. The Bertz CT molecular complexity index is 1130. The van der Waals surface area contributed by atoms with Crippen LogP contribution in [0, 0.1) is 25.6 Å². The Hall–Kier alpha value is -2.94. The van der Waals surface area contributed by atoms with Crippen molar-refractivity contribution < 1.29 is 22.4 Å². The molecule has 0 spiro atoms. The molecule has 0 aromatic heterocycles. The molecule has 0 bridgehead atoms. The predicted molar refractivity (Wildman–Crippen MR) is 137 cm³/mol. The zero-order valence-electron chi connectivity index (χ0n) is 21.3. The highest BCUT2D eigenvalue weighted by molar-refractivity contribution is 7.92. The smallest absolute Gasteiger partial charge is 0.244 e. The van der Waals surface area contributed by atoms with Gasteiger partial charge >= 0.3 is 0 Å². The normalized spacial score (nSPS) is 12.3. The van der Waals surface area contributed by atoms with E-state index in [0.717, 1.165) is 21.7 Å². The van der Waals surface area contributed by atoms with Crippen molar-refractivity contribution in [3.63, 3.8) is 0 Å². The van der Waals surface area contributed by atoms with E-state index in [1.165, 1.54) is 17.0 Å². The summed E-state index contributed by atoms with van der Waals surface area (Å²) in [4.78, 5) is 28.1. The average molecular weight is 506 g/mol. The number of aryl methyl sites for hydroxylation is 1. The molecule has 1 N–H and O–H groups in total. The largest absolute Gasteiger partial charge is 0.354 e. The van der Waals surface area contributed by atoms with Crippen LogP contribution in [0.2, 0.25) is 0 Å². The fourth-order valence-corrected chi connectivity index (χ4v) is 4.63. The van der Waals surface area contributed by atoms with Gasteiger partial charge < -0.3 is 10.2 Å². The van der Waals surface area contributed by atoms with Crippen LogP contribution >= 0.6 is 0 Å². The van der Waals surface area contributed by atoms with Gasteiger partial charge in [-0.1, -0.05) is 45.0 Å². The van der Waals surface area contributed by atoms with Crippen molar-refractivity contribution in [3.05, 3.63) is 65.0 Å². The molecule has 0 saturated carbocycles. The zero-order chi connectivity index (χ0) is 26.3. The van der Waals surface area contributed by atoms with Gasteiger partial charge in [-0.25, -0.2) is 12.8 Å². The molecule has 1 atom stereocenters. The lowest BCUT2D eigenvalue weighted by molar-refractivity contribution is -0.140. The number of benzene rings is 2. The monoisotopic (exact) mass is 505 g/mol. The molecule has 0 radical (unpaired) electrons. The number of hydrogen-bond acceptors (Lipinski definition) is 4. The van der Waals surface area contributed by atoms with Crippen LogP contribution in [-0.4, -0.2) is 50.5 Å². The Morgan fingerprint density at radius 2 is 1.69 bits per heavy atom. The third-order valence-corrected chi connectivity index (χ3v) is 6.99. The van der Waals surface area contributed by atoms with E-state index in [-0.39, 0.29) is 18.4 Å². The van der Waals surface area contributed by atoms with Crippen molar-refractivity contribution >= 4 is 27.5 Å². The van der Waals surface area contributed by atoms with Crippen molar-refractivity contribution in [2.24, 2.45) is 5.92 Å². The zero-order valence-corrected chi connectivity index (χ0v) is 22.2. The number of sulfonamides is 1. The number of hydrogen-bond donors (Lipinski definition) is 1. The highest BCUT2D eigenvalue weighted by Crippen LogP contribution is 2.25. The molecular formula is C26H36FN3O4S. The van der Waals surface area contributed by atoms with E-state index in [0.29, 0.717) is 24.2 Å². The molecule has 0 aliphatic carbocycles. The second kappa shape index (κ2) is 12.2. The summed E-state index contributed by atoms with van der Waals surface area (Å²) in [5.41, 5.74) is 2.69. The van der Waals surface area contributed by atoms with Crippen molar-refractivity contribution in [1.82, 2.24) is 10.2 Å². The van der Waals surface area contributed by atoms with Crippen LogP contribution in [0.25, 0.3) is 0 Å². The van der Waals surface area contributed by atoms with Crippen LogP contribution in [0.1, 0.15) is 43.9 Å². The molecule has 0 aliphatic heterocycles. The molecule has 9 heteroatoms. The van der Waals surface area contributed by atoms with Gasteiger partial charge in [0.1, 0.15) is 18.4 Å². The third kappa shape index (κ3) is 7.78. The van der Waals surface area contributed by atoms with E-state index in [4.69, 9.17) is 0 Å². The molecule has 0 heterocycles. The van der Waals surface area contributed by atoms with Crippen molar-refractivity contribution in [2.45, 2.75) is 53.6 Å². The number of nitrogens with one attached hydrogen (secondary N) is 1. The van der Waals surface area contributed by atoms with Crippen LogP contribution in [0.15, 0.2) is 42.5 Å². The first kappa shape index (κ1) is 28.3. The van der Waals surface area contributed by atoms with E-state index in [1.807, 2.05) is 26.8 Å². The topological polar surface area (TPSA) is 86.8 Å². The van der Waals surface area contributed by atoms with Gasteiger partial charge in [-0.3, -0.25) is 13.9 Å². The summed E-state index contributed by atoms with van der Waals surface area (Å²) < 4.78 is 40.0. The van der Waals surface area contributed by atoms with E-state index < -0.39 is 34.3 Å². The summed E-state index contributed by atoms with van der Waals surface area (Å²) in [6.45, 7) is 9.43. The van der Waals surface area contributed by atoms with Crippen LogP contribution in [0.5, 0.6) is 0 Å². The van der Waals surface area contributed by atoms with Crippen LogP contribution in [0.4, 0.5) is 10.1 Å². The number of carbonyl (C=O) groups is 2. The van der Waals surface area contributed by atoms with E-state index >= 15 is 0 Å². The fourth-order valence-electron chi connectivity index (χ4n) is 3.73. The van der Waals surface area contributed by atoms with Crippen molar-refractivity contribution in [1.29, 1.82) is 0 Å². The summed E-state index contributed by atoms with van der Waals surface area (Å²) in [7, 11) is -3.80. The van der Waals surface area contributed by atoms with Gasteiger partial charge in [0.15, 0.2) is 0 Å². The molecule has 1 unspecified atom stereocenters. The van der Waals surface area contributed by atoms with E-state index in [1.54, 1.807) is 38.1 Å².